The van der Waals surface area contributed by atoms with E-state index in [0.717, 1.165) is 26.2 Å². The molecular formula is C15H21ClN2O. The van der Waals surface area contributed by atoms with Gasteiger partial charge in [-0.25, -0.2) is 0 Å². The Morgan fingerprint density at radius 1 is 1.26 bits per heavy atom. The van der Waals surface area contributed by atoms with Crippen molar-refractivity contribution in [3.63, 3.8) is 0 Å². The topological polar surface area (TPSA) is 23.6 Å². The number of carbonyl (C=O) groups is 1. The van der Waals surface area contributed by atoms with Crippen molar-refractivity contribution >= 4 is 17.4 Å². The van der Waals surface area contributed by atoms with Crippen LogP contribution in [0.4, 0.5) is 0 Å². The second-order valence-electron chi connectivity index (χ2n) is 5.34. The minimum atomic E-state index is 0.153. The van der Waals surface area contributed by atoms with Crippen LogP contribution in [0.5, 0.6) is 0 Å². The molecule has 0 aromatic heterocycles. The quantitative estimate of drug-likeness (QED) is 0.792. The zero-order valence-corrected chi connectivity index (χ0v) is 12.4. The third kappa shape index (κ3) is 4.03. The summed E-state index contributed by atoms with van der Waals surface area (Å²) in [5, 5.41) is 0.621. The molecule has 1 fully saturated rings. The summed E-state index contributed by atoms with van der Waals surface area (Å²) in [4.78, 5) is 16.8. The summed E-state index contributed by atoms with van der Waals surface area (Å²) >= 11 is 5.91. The molecule has 0 amide bonds. The highest BCUT2D eigenvalue weighted by molar-refractivity contribution is 6.31. The van der Waals surface area contributed by atoms with Crippen molar-refractivity contribution in [1.29, 1.82) is 0 Å². The van der Waals surface area contributed by atoms with Crippen LogP contribution < -0.4 is 0 Å². The third-order valence-electron chi connectivity index (χ3n) is 3.65. The molecule has 1 aromatic carbocycles. The smallest absolute Gasteiger partial charge is 0.176 e. The molecule has 1 aliphatic rings. The zero-order chi connectivity index (χ0) is 13.8. The molecule has 0 atom stereocenters. The molecule has 1 aromatic rings. The SMILES string of the molecule is CC(C)N1CCN(CC(=O)c2cccc(Cl)c2)CC1. The van der Waals surface area contributed by atoms with Gasteiger partial charge in [0, 0.05) is 42.8 Å². The van der Waals surface area contributed by atoms with Crippen LogP contribution in [0.1, 0.15) is 24.2 Å². The maximum absolute atomic E-state index is 12.2. The fraction of sp³-hybridized carbons (Fsp3) is 0.533. The summed E-state index contributed by atoms with van der Waals surface area (Å²) in [5.41, 5.74) is 0.707. The Bertz CT molecular complexity index is 440. The first-order valence-corrected chi connectivity index (χ1v) is 7.19. The Labute approximate surface area is 120 Å². The lowest BCUT2D eigenvalue weighted by atomic mass is 10.1. The zero-order valence-electron chi connectivity index (χ0n) is 11.6. The molecule has 0 aliphatic carbocycles. The lowest BCUT2D eigenvalue weighted by Crippen LogP contribution is -2.50. The summed E-state index contributed by atoms with van der Waals surface area (Å²) in [7, 11) is 0. The minimum Gasteiger partial charge on any atom is -0.298 e. The van der Waals surface area contributed by atoms with E-state index in [1.54, 1.807) is 12.1 Å². The number of carbonyl (C=O) groups excluding carboxylic acids is 1. The summed E-state index contributed by atoms with van der Waals surface area (Å²) in [6.07, 6.45) is 0. The highest BCUT2D eigenvalue weighted by atomic mass is 35.5. The van der Waals surface area contributed by atoms with Crippen molar-refractivity contribution in [3.8, 4) is 0 Å². The van der Waals surface area contributed by atoms with Crippen LogP contribution in [0, 0.1) is 0 Å². The number of ketones is 1. The molecule has 104 valence electrons. The maximum Gasteiger partial charge on any atom is 0.176 e. The van der Waals surface area contributed by atoms with Crippen LogP contribution in [0.2, 0.25) is 5.02 Å². The molecule has 3 nitrogen and oxygen atoms in total. The Kier molecular flexibility index (Phi) is 4.97. The second-order valence-corrected chi connectivity index (χ2v) is 5.78. The molecule has 1 aliphatic heterocycles. The molecule has 0 spiro atoms. The van der Waals surface area contributed by atoms with E-state index < -0.39 is 0 Å². The number of nitrogens with zero attached hydrogens (tertiary/aromatic N) is 2. The highest BCUT2D eigenvalue weighted by Gasteiger charge is 2.20. The van der Waals surface area contributed by atoms with Crippen molar-refractivity contribution in [3.05, 3.63) is 34.9 Å². The van der Waals surface area contributed by atoms with Crippen LogP contribution in [-0.2, 0) is 0 Å². The van der Waals surface area contributed by atoms with Gasteiger partial charge in [-0.3, -0.25) is 14.6 Å². The van der Waals surface area contributed by atoms with Gasteiger partial charge in [0.05, 0.1) is 6.54 Å². The van der Waals surface area contributed by atoms with Crippen molar-refractivity contribution in [1.82, 2.24) is 9.80 Å². The van der Waals surface area contributed by atoms with Gasteiger partial charge in [-0.1, -0.05) is 23.7 Å². The van der Waals surface area contributed by atoms with Crippen LogP contribution in [0.25, 0.3) is 0 Å². The lowest BCUT2D eigenvalue weighted by Gasteiger charge is -2.36. The molecule has 2 rings (SSSR count). The van der Waals surface area contributed by atoms with Gasteiger partial charge in [-0.2, -0.15) is 0 Å². The van der Waals surface area contributed by atoms with Gasteiger partial charge < -0.3 is 0 Å². The summed E-state index contributed by atoms with van der Waals surface area (Å²) in [6.45, 7) is 8.93. The standard InChI is InChI=1S/C15H21ClN2O/c1-12(2)18-8-6-17(7-9-18)11-15(19)13-4-3-5-14(16)10-13/h3-5,10,12H,6-9,11H2,1-2H3. The van der Waals surface area contributed by atoms with Gasteiger partial charge in [0.25, 0.3) is 0 Å². The molecule has 4 heteroatoms. The van der Waals surface area contributed by atoms with Crippen LogP contribution in [-0.4, -0.2) is 54.3 Å². The Hall–Kier alpha value is -0.900. The van der Waals surface area contributed by atoms with Gasteiger partial charge in [-0.15, -0.1) is 0 Å². The molecule has 19 heavy (non-hydrogen) atoms. The van der Waals surface area contributed by atoms with E-state index in [4.69, 9.17) is 11.6 Å². The van der Waals surface area contributed by atoms with E-state index >= 15 is 0 Å². The van der Waals surface area contributed by atoms with Gasteiger partial charge in [0.2, 0.25) is 0 Å². The van der Waals surface area contributed by atoms with Gasteiger partial charge in [0.15, 0.2) is 5.78 Å². The number of rotatable bonds is 4. The molecule has 1 saturated heterocycles. The molecule has 0 radical (unpaired) electrons. The number of halogens is 1. The summed E-state index contributed by atoms with van der Waals surface area (Å²) in [5.74, 6) is 0.153. The Morgan fingerprint density at radius 3 is 2.53 bits per heavy atom. The molecule has 0 unspecified atom stereocenters. The largest absolute Gasteiger partial charge is 0.298 e. The maximum atomic E-state index is 12.2. The summed E-state index contributed by atoms with van der Waals surface area (Å²) < 4.78 is 0. The van der Waals surface area contributed by atoms with Gasteiger partial charge in [0.1, 0.15) is 0 Å². The second kappa shape index (κ2) is 6.51. The fourth-order valence-corrected chi connectivity index (χ4v) is 2.58. The molecule has 0 bridgehead atoms. The van der Waals surface area contributed by atoms with E-state index in [1.807, 2.05) is 12.1 Å². The van der Waals surface area contributed by atoms with Crippen molar-refractivity contribution < 1.29 is 4.79 Å². The predicted octanol–water partition coefficient (Wildman–Crippen LogP) is 2.55. The van der Waals surface area contributed by atoms with Crippen molar-refractivity contribution in [2.45, 2.75) is 19.9 Å². The van der Waals surface area contributed by atoms with E-state index in [2.05, 4.69) is 23.6 Å². The normalized spacial score (nSPS) is 17.9. The molecular weight excluding hydrogens is 260 g/mol. The van der Waals surface area contributed by atoms with E-state index in [9.17, 15) is 4.79 Å². The first kappa shape index (κ1) is 14.5. The molecule has 1 heterocycles. The lowest BCUT2D eigenvalue weighted by molar-refractivity contribution is 0.0807. The monoisotopic (exact) mass is 280 g/mol. The number of piperazine rings is 1. The number of hydrogen-bond donors (Lipinski definition) is 0. The average molecular weight is 281 g/mol. The number of hydrogen-bond acceptors (Lipinski definition) is 3. The van der Waals surface area contributed by atoms with Crippen LogP contribution in [0.15, 0.2) is 24.3 Å². The number of Topliss-reactive ketones (excluding diaryl/α,β-unsaturated/α-hetero) is 1. The predicted molar refractivity (Wildman–Crippen MR) is 78.9 cm³/mol. The van der Waals surface area contributed by atoms with Gasteiger partial charge >= 0.3 is 0 Å². The van der Waals surface area contributed by atoms with Crippen molar-refractivity contribution in [2.24, 2.45) is 0 Å². The Morgan fingerprint density at radius 2 is 1.95 bits per heavy atom. The number of benzene rings is 1. The minimum absolute atomic E-state index is 0.153. The van der Waals surface area contributed by atoms with Crippen LogP contribution in [0.3, 0.4) is 0 Å². The van der Waals surface area contributed by atoms with Crippen molar-refractivity contribution in [2.75, 3.05) is 32.7 Å². The highest BCUT2D eigenvalue weighted by Crippen LogP contribution is 2.12. The van der Waals surface area contributed by atoms with E-state index in [1.165, 1.54) is 0 Å². The van der Waals surface area contributed by atoms with E-state index in [0.29, 0.717) is 23.2 Å². The van der Waals surface area contributed by atoms with Crippen LogP contribution >= 0.6 is 11.6 Å². The first-order valence-electron chi connectivity index (χ1n) is 6.81. The molecule has 0 N–H and O–H groups in total. The third-order valence-corrected chi connectivity index (χ3v) is 3.89. The first-order chi connectivity index (χ1) is 9.06. The van der Waals surface area contributed by atoms with E-state index in [-0.39, 0.29) is 5.78 Å². The summed E-state index contributed by atoms with van der Waals surface area (Å²) in [6, 6.07) is 7.78. The fourth-order valence-electron chi connectivity index (χ4n) is 2.39. The Balaban J connectivity index is 1.87. The van der Waals surface area contributed by atoms with Gasteiger partial charge in [-0.05, 0) is 26.0 Å². The average Bonchev–Trinajstić information content (AvgIpc) is 2.39. The molecule has 0 saturated carbocycles.